The quantitative estimate of drug-likeness (QED) is 0.845. The summed E-state index contributed by atoms with van der Waals surface area (Å²) in [6.45, 7) is 5.27. The smallest absolute Gasteiger partial charge is 0.243 e. The number of amides is 1. The van der Waals surface area contributed by atoms with Crippen LogP contribution in [0.5, 0.6) is 0 Å². The Bertz CT molecular complexity index is 931. The van der Waals surface area contributed by atoms with Crippen molar-refractivity contribution < 1.29 is 13.2 Å². The number of nitriles is 1. The Labute approximate surface area is 154 Å². The van der Waals surface area contributed by atoms with Crippen molar-refractivity contribution in [3.05, 3.63) is 59.7 Å². The second-order valence-corrected chi connectivity index (χ2v) is 7.77. The molecule has 1 amide bonds. The van der Waals surface area contributed by atoms with E-state index in [-0.39, 0.29) is 17.0 Å². The fourth-order valence-corrected chi connectivity index (χ4v) is 4.18. The van der Waals surface area contributed by atoms with Crippen LogP contribution in [0.25, 0.3) is 0 Å². The van der Waals surface area contributed by atoms with Gasteiger partial charge in [-0.2, -0.15) is 9.57 Å². The van der Waals surface area contributed by atoms with Crippen LogP contribution in [0.1, 0.15) is 25.0 Å². The van der Waals surface area contributed by atoms with E-state index < -0.39 is 22.0 Å². The van der Waals surface area contributed by atoms with E-state index >= 15 is 0 Å². The molecule has 26 heavy (non-hydrogen) atoms. The van der Waals surface area contributed by atoms with Crippen LogP contribution >= 0.6 is 0 Å². The Morgan fingerprint density at radius 2 is 1.88 bits per heavy atom. The first-order valence-electron chi connectivity index (χ1n) is 8.19. The molecule has 2 rings (SSSR count). The fraction of sp³-hybridized carbons (Fsp3) is 0.263. The van der Waals surface area contributed by atoms with E-state index in [4.69, 9.17) is 5.26 Å². The number of benzene rings is 2. The third-order valence-electron chi connectivity index (χ3n) is 4.01. The van der Waals surface area contributed by atoms with Crippen LogP contribution in [0.4, 0.5) is 5.69 Å². The highest BCUT2D eigenvalue weighted by Gasteiger charge is 2.32. The minimum absolute atomic E-state index is 0.00612. The standard InChI is InChI=1S/C19H21N3O3S/c1-4-22(26(24,25)18-7-5-6-16(12-18)13-20)15(3)19(23)21-17-10-8-14(2)9-11-17/h5-12,15H,4H2,1-3H3,(H,21,23)/t15-/m1/s1. The number of carbonyl (C=O) groups is 1. The van der Waals surface area contributed by atoms with Crippen LogP contribution in [-0.4, -0.2) is 31.2 Å². The number of rotatable bonds is 6. The molecule has 0 bridgehead atoms. The first kappa shape index (κ1) is 19.6. The number of anilines is 1. The number of likely N-dealkylation sites (N-methyl/N-ethyl adjacent to an activating group) is 1. The van der Waals surface area contributed by atoms with Gasteiger partial charge in [-0.1, -0.05) is 30.7 Å². The van der Waals surface area contributed by atoms with Crippen LogP contribution in [0.15, 0.2) is 53.4 Å². The Morgan fingerprint density at radius 3 is 2.46 bits per heavy atom. The van der Waals surface area contributed by atoms with E-state index in [1.165, 1.54) is 24.3 Å². The molecule has 6 nitrogen and oxygen atoms in total. The predicted molar refractivity (Wildman–Crippen MR) is 100.0 cm³/mol. The summed E-state index contributed by atoms with van der Waals surface area (Å²) < 4.78 is 26.9. The summed E-state index contributed by atoms with van der Waals surface area (Å²) in [5, 5.41) is 11.7. The number of nitrogens with one attached hydrogen (secondary N) is 1. The molecule has 0 radical (unpaired) electrons. The number of aryl methyl sites for hydroxylation is 1. The summed E-state index contributed by atoms with van der Waals surface area (Å²) in [5.41, 5.74) is 1.91. The van der Waals surface area contributed by atoms with Crippen LogP contribution in [0.3, 0.4) is 0 Å². The van der Waals surface area contributed by atoms with Gasteiger partial charge in [0.05, 0.1) is 16.5 Å². The summed E-state index contributed by atoms with van der Waals surface area (Å²) in [4.78, 5) is 12.5. The molecule has 0 aliphatic heterocycles. The maximum absolute atomic E-state index is 12.9. The summed E-state index contributed by atoms with van der Waals surface area (Å²) >= 11 is 0. The largest absolute Gasteiger partial charge is 0.325 e. The molecular weight excluding hydrogens is 350 g/mol. The van der Waals surface area contributed by atoms with Gasteiger partial charge in [0.15, 0.2) is 0 Å². The van der Waals surface area contributed by atoms with Crippen molar-refractivity contribution >= 4 is 21.6 Å². The van der Waals surface area contributed by atoms with Crippen LogP contribution < -0.4 is 5.32 Å². The van der Waals surface area contributed by atoms with Crippen molar-refractivity contribution in [2.45, 2.75) is 31.7 Å². The molecule has 0 saturated carbocycles. The zero-order chi connectivity index (χ0) is 19.3. The van der Waals surface area contributed by atoms with Gasteiger partial charge < -0.3 is 5.32 Å². The van der Waals surface area contributed by atoms with Gasteiger partial charge in [0.1, 0.15) is 6.04 Å². The van der Waals surface area contributed by atoms with E-state index in [1.54, 1.807) is 26.0 Å². The lowest BCUT2D eigenvalue weighted by Gasteiger charge is -2.26. The van der Waals surface area contributed by atoms with Crippen LogP contribution in [0, 0.1) is 18.3 Å². The molecule has 0 unspecified atom stereocenters. The lowest BCUT2D eigenvalue weighted by molar-refractivity contribution is -0.119. The van der Waals surface area contributed by atoms with E-state index in [0.29, 0.717) is 5.69 Å². The molecule has 136 valence electrons. The zero-order valence-corrected chi connectivity index (χ0v) is 15.7. The normalized spacial score (nSPS) is 12.4. The Balaban J connectivity index is 2.26. The lowest BCUT2D eigenvalue weighted by Crippen LogP contribution is -2.45. The number of nitrogens with zero attached hydrogens (tertiary/aromatic N) is 2. The maximum atomic E-state index is 12.9. The molecular formula is C19H21N3O3S. The van der Waals surface area contributed by atoms with Gasteiger partial charge in [-0.3, -0.25) is 4.79 Å². The second-order valence-electron chi connectivity index (χ2n) is 5.88. The molecule has 0 saturated heterocycles. The van der Waals surface area contributed by atoms with Crippen molar-refractivity contribution in [3.63, 3.8) is 0 Å². The molecule has 1 atom stereocenters. The number of carbonyl (C=O) groups excluding carboxylic acids is 1. The fourth-order valence-electron chi connectivity index (χ4n) is 2.53. The van der Waals surface area contributed by atoms with E-state index in [0.717, 1.165) is 9.87 Å². The zero-order valence-electron chi connectivity index (χ0n) is 14.9. The van der Waals surface area contributed by atoms with Gasteiger partial charge in [0.25, 0.3) is 0 Å². The van der Waals surface area contributed by atoms with Crippen molar-refractivity contribution in [1.82, 2.24) is 4.31 Å². The number of sulfonamides is 1. The highest BCUT2D eigenvalue weighted by molar-refractivity contribution is 7.89. The van der Waals surface area contributed by atoms with Gasteiger partial charge in [0, 0.05) is 12.2 Å². The van der Waals surface area contributed by atoms with Gasteiger partial charge in [-0.25, -0.2) is 8.42 Å². The van der Waals surface area contributed by atoms with E-state index in [9.17, 15) is 13.2 Å². The number of hydrogen-bond acceptors (Lipinski definition) is 4. The van der Waals surface area contributed by atoms with E-state index in [2.05, 4.69) is 5.32 Å². The molecule has 0 spiro atoms. The van der Waals surface area contributed by atoms with Gasteiger partial charge >= 0.3 is 0 Å². The van der Waals surface area contributed by atoms with Crippen molar-refractivity contribution in [3.8, 4) is 6.07 Å². The maximum Gasteiger partial charge on any atom is 0.243 e. The predicted octanol–water partition coefficient (Wildman–Crippen LogP) is 2.90. The van der Waals surface area contributed by atoms with Gasteiger partial charge in [0.2, 0.25) is 15.9 Å². The lowest BCUT2D eigenvalue weighted by atomic mass is 10.2. The average molecular weight is 371 g/mol. The van der Waals surface area contributed by atoms with Crippen molar-refractivity contribution in [2.75, 3.05) is 11.9 Å². The molecule has 2 aromatic rings. The molecule has 0 aliphatic rings. The van der Waals surface area contributed by atoms with E-state index in [1.807, 2.05) is 25.1 Å². The molecule has 0 fully saturated rings. The third-order valence-corrected chi connectivity index (χ3v) is 6.05. The molecule has 7 heteroatoms. The van der Waals surface area contributed by atoms with Gasteiger partial charge in [-0.15, -0.1) is 0 Å². The summed E-state index contributed by atoms with van der Waals surface area (Å²) in [6, 6.07) is 14.0. The molecule has 0 heterocycles. The Morgan fingerprint density at radius 1 is 1.23 bits per heavy atom. The summed E-state index contributed by atoms with van der Waals surface area (Å²) in [5.74, 6) is -0.421. The third kappa shape index (κ3) is 4.28. The highest BCUT2D eigenvalue weighted by atomic mass is 32.2. The molecule has 0 aliphatic carbocycles. The molecule has 2 aromatic carbocycles. The van der Waals surface area contributed by atoms with Crippen LogP contribution in [-0.2, 0) is 14.8 Å². The average Bonchev–Trinajstić information content (AvgIpc) is 2.63. The molecule has 1 N–H and O–H groups in total. The number of hydrogen-bond donors (Lipinski definition) is 1. The minimum Gasteiger partial charge on any atom is -0.325 e. The highest BCUT2D eigenvalue weighted by Crippen LogP contribution is 2.20. The summed E-state index contributed by atoms with van der Waals surface area (Å²) in [7, 11) is -3.91. The second kappa shape index (κ2) is 8.13. The minimum atomic E-state index is -3.91. The Hall–Kier alpha value is -2.69. The monoisotopic (exact) mass is 371 g/mol. The topological polar surface area (TPSA) is 90.3 Å². The summed E-state index contributed by atoms with van der Waals surface area (Å²) in [6.07, 6.45) is 0. The first-order chi connectivity index (χ1) is 12.3. The van der Waals surface area contributed by atoms with Crippen LogP contribution in [0.2, 0.25) is 0 Å². The van der Waals surface area contributed by atoms with Gasteiger partial charge in [-0.05, 0) is 44.2 Å². The SMILES string of the molecule is CCN([C@H](C)C(=O)Nc1ccc(C)cc1)S(=O)(=O)c1cccc(C#N)c1. The Kier molecular flexibility index (Phi) is 6.14. The van der Waals surface area contributed by atoms with Crippen molar-refractivity contribution in [1.29, 1.82) is 5.26 Å². The molecule has 0 aromatic heterocycles. The first-order valence-corrected chi connectivity index (χ1v) is 9.63. The van der Waals surface area contributed by atoms with Crippen molar-refractivity contribution in [2.24, 2.45) is 0 Å².